The maximum Gasteiger partial charge on any atom is 0.307 e. The highest BCUT2D eigenvalue weighted by atomic mass is 16.7. The van der Waals surface area contributed by atoms with Gasteiger partial charge in [0.05, 0.1) is 67.8 Å². The summed E-state index contributed by atoms with van der Waals surface area (Å²) in [4.78, 5) is 76.3. The Labute approximate surface area is 671 Å². The van der Waals surface area contributed by atoms with Gasteiger partial charge in [0.25, 0.3) is 0 Å². The Morgan fingerprint density at radius 1 is 0.531 bits per heavy atom. The number of amides is 1. The molecule has 0 aromatic carbocycles. The number of Topliss-reactive ketones (excluding diaryl/α,β-unsaturated/α-hetero) is 2. The van der Waals surface area contributed by atoms with E-state index < -0.39 is 98.0 Å². The van der Waals surface area contributed by atoms with Crippen molar-refractivity contribution in [1.82, 2.24) is 14.7 Å². The van der Waals surface area contributed by atoms with Crippen LogP contribution in [0.3, 0.4) is 0 Å². The van der Waals surface area contributed by atoms with Crippen molar-refractivity contribution in [2.75, 3.05) is 70.7 Å². The molecule has 2 saturated carbocycles. The fourth-order valence-electron chi connectivity index (χ4n) is 21.3. The van der Waals surface area contributed by atoms with E-state index in [-0.39, 0.29) is 163 Å². The number of cyclic esters (lactones) is 2. The zero-order chi connectivity index (χ0) is 81.5. The van der Waals surface area contributed by atoms with Crippen LogP contribution in [-0.4, -0.2) is 271 Å². The molecule has 0 radical (unpaired) electrons. The number of esters is 2. The van der Waals surface area contributed by atoms with Gasteiger partial charge >= 0.3 is 11.9 Å². The van der Waals surface area contributed by atoms with E-state index in [0.717, 1.165) is 51.4 Å². The number of aliphatic hydroxyl groups is 3. The summed E-state index contributed by atoms with van der Waals surface area (Å²) in [5.41, 5.74) is 1.37. The minimum atomic E-state index is -0.909. The van der Waals surface area contributed by atoms with Crippen molar-refractivity contribution in [1.29, 1.82) is 0 Å². The highest BCUT2D eigenvalue weighted by molar-refractivity contribution is 6.00. The largest absolute Gasteiger partial charge is 0.462 e. The summed E-state index contributed by atoms with van der Waals surface area (Å²) in [5.74, 6) is -1.78. The average Bonchev–Trinajstić information content (AvgIpc) is 1.60. The first-order chi connectivity index (χ1) is 53.9. The van der Waals surface area contributed by atoms with E-state index in [1.54, 1.807) is 52.3 Å². The average molecular weight is 1590 g/mol. The van der Waals surface area contributed by atoms with E-state index in [1.165, 1.54) is 14.2 Å². The maximum absolute atomic E-state index is 14.9. The summed E-state index contributed by atoms with van der Waals surface area (Å²) >= 11 is 0. The van der Waals surface area contributed by atoms with Gasteiger partial charge in [-0.1, -0.05) is 68.5 Å². The topological polar surface area (TPSA) is 285 Å². The second-order valence-electron chi connectivity index (χ2n) is 35.4. The molecule has 636 valence electrons. The third-order valence-electron chi connectivity index (χ3n) is 27.4. The molecule has 6 heterocycles. The van der Waals surface area contributed by atoms with E-state index >= 15 is 0 Å². The van der Waals surface area contributed by atoms with Crippen LogP contribution in [0.5, 0.6) is 0 Å². The summed E-state index contributed by atoms with van der Waals surface area (Å²) in [6.45, 7) is 15.4. The number of ether oxygens (including phenoxy) is 14. The number of aliphatic hydroxyl groups excluding tert-OH is 3. The third kappa shape index (κ3) is 20.9. The lowest BCUT2D eigenvalue weighted by atomic mass is 9.70. The van der Waals surface area contributed by atoms with Gasteiger partial charge in [-0.15, -0.1) is 0 Å². The molecule has 25 nitrogen and oxygen atoms in total. The molecule has 36 atom stereocenters. The van der Waals surface area contributed by atoms with E-state index in [9.17, 15) is 39.3 Å². The lowest BCUT2D eigenvalue weighted by Crippen LogP contribution is -2.59. The van der Waals surface area contributed by atoms with Crippen LogP contribution in [0.4, 0.5) is 0 Å². The minimum Gasteiger partial charge on any atom is -0.462 e. The second kappa shape index (κ2) is 40.0. The standard InChI is InChI=1S/C46H72N2O11.C42H65NO11/c1-11-13-29(21-39(49)48(7)8)38-15-12-14-37(59-41-19-18-36(47(5)6)26(3)55-41)25(2)42(51)35-23-33-31(34(35)24-40(50)58-38)17-16-28-20-30(22-32(28)33)57-46-45(54-10)43(52)44(53-9)27(4)56-46;1-22(44)12-14-27-10-9-11-35(54-37-17-16-34(43(5)6)24(3)50-37)23(2)38(46)33-20-31-29(32(33)21-36(45)52-27)15-13-26-18-28(19-30(26)31)53-42-41(49-8)39(47)40(48-7)25(4)51-42/h11,13,16-17,23,25-34,36-38,41,43-46,52H,12,14-15,18-22,24H2,1-10H3;12-15,20,22-32,34-35,37,39-42,44,47H,9-11,16-19,21H2,1-8H3/b13-11+;14-12+/t25-,26-,27+,28?,29?,30-,31?,32?,33?,34?,36+,37+,38-,41+,43-,44+,45-,46+;22?,23-,24-,25+,26?,27-,28-,29?,30?,31?,32?,34+,35+,37+,39-,40+,41-,42+/m11/s1. The first-order valence-electron chi connectivity index (χ1n) is 42.4. The van der Waals surface area contributed by atoms with Gasteiger partial charge in [-0.3, -0.25) is 24.0 Å². The third-order valence-corrected chi connectivity index (χ3v) is 27.4. The van der Waals surface area contributed by atoms with Gasteiger partial charge in [0, 0.05) is 90.6 Å². The number of carbonyl (C=O) groups excluding carboxylic acids is 5. The molecule has 6 saturated heterocycles. The first kappa shape index (κ1) is 89.3. The number of likely N-dealkylation sites (N-methyl/N-ethyl adjacent to an activating group) is 2. The molecular formula is C88H137N3O22. The van der Waals surface area contributed by atoms with E-state index in [0.29, 0.717) is 55.7 Å². The van der Waals surface area contributed by atoms with Crippen LogP contribution in [0.2, 0.25) is 0 Å². The van der Waals surface area contributed by atoms with Crippen molar-refractivity contribution >= 4 is 29.4 Å². The molecule has 8 fully saturated rings. The molecule has 12 unspecified atom stereocenters. The Morgan fingerprint density at radius 2 is 0.973 bits per heavy atom. The summed E-state index contributed by atoms with van der Waals surface area (Å²) in [6.07, 6.45) is 20.8. The van der Waals surface area contributed by atoms with Crippen LogP contribution in [-0.2, 0) is 90.3 Å². The van der Waals surface area contributed by atoms with Gasteiger partial charge in [0.1, 0.15) is 48.8 Å². The number of fused-ring (bicyclic) bond motifs is 10. The number of allylic oxidation sites excluding steroid dienone is 9. The molecule has 0 bridgehead atoms. The Kier molecular flexibility index (Phi) is 31.6. The van der Waals surface area contributed by atoms with Crippen LogP contribution in [0.1, 0.15) is 165 Å². The molecule has 25 heteroatoms. The summed E-state index contributed by atoms with van der Waals surface area (Å²) in [6, 6.07) is 0.588. The summed E-state index contributed by atoms with van der Waals surface area (Å²) in [5, 5.41) is 32.0. The number of methoxy groups -OCH3 is 4. The van der Waals surface area contributed by atoms with E-state index in [4.69, 9.17) is 66.3 Å². The maximum atomic E-state index is 14.9. The van der Waals surface area contributed by atoms with Gasteiger partial charge in [-0.25, -0.2) is 0 Å². The Balaban J connectivity index is 0.000000224. The van der Waals surface area contributed by atoms with E-state index in [1.807, 2.05) is 46.8 Å². The van der Waals surface area contributed by atoms with Crippen molar-refractivity contribution < 1.29 is 106 Å². The van der Waals surface area contributed by atoms with Gasteiger partial charge < -0.3 is 96.3 Å². The Bertz CT molecular complexity index is 3360. The molecule has 6 aliphatic carbocycles. The fraction of sp³-hybridized carbons (Fsp3) is 0.807. The van der Waals surface area contributed by atoms with Crippen LogP contribution in [0.15, 0.2) is 71.9 Å². The van der Waals surface area contributed by atoms with Gasteiger partial charge in [-0.2, -0.15) is 0 Å². The van der Waals surface area contributed by atoms with Gasteiger partial charge in [-0.05, 0) is 224 Å². The SMILES string of the molecule is C/C=C/C(CC(=O)N(C)C)[C@H]1CCC[C@H](O[C@H]2CC[C@H](N(C)C)[C@@H](C)O2)[C@@H](C)C(=O)C2=CC3C(C=CC4C[C@@H](O[C@@H]5O[C@@H](C)[C@H](OC)[C@@H](O)[C@H]5OC)CC43)C2CC(=O)O1.CO[C@@H]1[C@@H](O)[C@@H](OC)[C@H](O[C@@H]2CC3C=CC4C5CC(=O)O[C@@H](/C=C/C(C)O)CCC[C@H](O[C@H]6CC[C@H](N(C)C)[C@@H](C)O6)[C@@H](C)C(=O)C5=CC4C3C2)O[C@H]1C. The molecule has 3 N–H and O–H groups in total. The lowest BCUT2D eigenvalue weighted by molar-refractivity contribution is -0.311. The quantitative estimate of drug-likeness (QED) is 0.0755. The molecule has 0 spiro atoms. The number of hydrogen-bond donors (Lipinski definition) is 3. The van der Waals surface area contributed by atoms with Crippen LogP contribution >= 0.6 is 0 Å². The Hall–Kier alpha value is -4.49. The molecule has 12 rings (SSSR count). The van der Waals surface area contributed by atoms with Crippen LogP contribution < -0.4 is 0 Å². The molecule has 1 amide bonds. The molecule has 113 heavy (non-hydrogen) atoms. The molecular weight excluding hydrogens is 1450 g/mol. The highest BCUT2D eigenvalue weighted by Crippen LogP contribution is 2.57. The summed E-state index contributed by atoms with van der Waals surface area (Å²) < 4.78 is 86.6. The lowest BCUT2D eigenvalue weighted by Gasteiger charge is -2.42. The van der Waals surface area contributed by atoms with Gasteiger partial charge in [0.2, 0.25) is 5.91 Å². The molecule has 6 aliphatic heterocycles. The fourth-order valence-corrected chi connectivity index (χ4v) is 21.3. The summed E-state index contributed by atoms with van der Waals surface area (Å²) in [7, 11) is 17.9. The minimum absolute atomic E-state index is 0.00444. The van der Waals surface area contributed by atoms with Crippen molar-refractivity contribution in [2.24, 2.45) is 76.9 Å². The molecule has 0 aromatic rings. The zero-order valence-corrected chi connectivity index (χ0v) is 70.5. The number of rotatable bonds is 20. The van der Waals surface area contributed by atoms with Crippen LogP contribution in [0, 0.1) is 76.9 Å². The molecule has 0 aromatic heterocycles. The number of hydrogen-bond acceptors (Lipinski definition) is 24. The molecule has 12 aliphatic rings. The predicted octanol–water partition coefficient (Wildman–Crippen LogP) is 9.45. The highest BCUT2D eigenvalue weighted by Gasteiger charge is 2.56. The van der Waals surface area contributed by atoms with Crippen LogP contribution in [0.25, 0.3) is 0 Å². The van der Waals surface area contributed by atoms with E-state index in [2.05, 4.69) is 88.3 Å². The second-order valence-corrected chi connectivity index (χ2v) is 35.4. The van der Waals surface area contributed by atoms with Crippen molar-refractivity contribution in [3.8, 4) is 0 Å². The monoisotopic (exact) mass is 1590 g/mol. The van der Waals surface area contributed by atoms with Gasteiger partial charge in [0.15, 0.2) is 36.7 Å². The number of ketones is 2. The first-order valence-corrected chi connectivity index (χ1v) is 42.4. The van der Waals surface area contributed by atoms with Crippen molar-refractivity contribution in [2.45, 2.75) is 306 Å². The van der Waals surface area contributed by atoms with Crippen molar-refractivity contribution in [3.63, 3.8) is 0 Å². The Morgan fingerprint density at radius 3 is 1.38 bits per heavy atom. The van der Waals surface area contributed by atoms with Crippen molar-refractivity contribution in [3.05, 3.63) is 71.9 Å². The zero-order valence-electron chi connectivity index (χ0n) is 70.5. The number of carbonyl (C=O) groups is 5. The predicted molar refractivity (Wildman–Crippen MR) is 421 cm³/mol. The normalized spacial score (nSPS) is 43.7. The number of nitrogens with zero attached hydrogens (tertiary/aromatic N) is 3. The smallest absolute Gasteiger partial charge is 0.307 e.